The zero-order valence-corrected chi connectivity index (χ0v) is 17.4. The van der Waals surface area contributed by atoms with Gasteiger partial charge in [-0.1, -0.05) is 42.5 Å². The van der Waals surface area contributed by atoms with Crippen molar-refractivity contribution >= 4 is 13.6 Å². The number of aliphatic hydroxyl groups is 2. The van der Waals surface area contributed by atoms with Gasteiger partial charge in [0.15, 0.2) is 0 Å². The molecule has 2 unspecified atom stereocenters. The molecule has 0 heterocycles. The Morgan fingerprint density at radius 3 is 2.52 bits per heavy atom. The van der Waals surface area contributed by atoms with Crippen LogP contribution in [0.1, 0.15) is 37.7 Å². The average Bonchev–Trinajstić information content (AvgIpc) is 2.94. The van der Waals surface area contributed by atoms with Crippen LogP contribution < -0.4 is 0 Å². The maximum atomic E-state index is 12.4. The quantitative estimate of drug-likeness (QED) is 0.230. The van der Waals surface area contributed by atoms with Crippen molar-refractivity contribution in [2.45, 2.75) is 50.7 Å². The first-order valence-electron chi connectivity index (χ1n) is 10.0. The maximum absolute atomic E-state index is 12.4. The Morgan fingerprint density at radius 1 is 1.14 bits per heavy atom. The smallest absolute Gasteiger partial charge is 0.328 e. The predicted octanol–water partition coefficient (Wildman–Crippen LogP) is 2.99. The number of allylic oxidation sites excluding steroid dienone is 2. The fourth-order valence-electron chi connectivity index (χ4n) is 3.66. The molecule has 0 bridgehead atoms. The third kappa shape index (κ3) is 8.41. The van der Waals surface area contributed by atoms with Crippen LogP contribution in [0, 0.1) is 11.8 Å². The zero-order valence-electron chi connectivity index (χ0n) is 16.5. The number of rotatable bonds is 12. The Bertz CT molecular complexity index is 706. The molecular formula is C21H31O7P. The van der Waals surface area contributed by atoms with E-state index in [-0.39, 0.29) is 31.5 Å². The summed E-state index contributed by atoms with van der Waals surface area (Å²) in [5, 5.41) is 29.1. The van der Waals surface area contributed by atoms with E-state index in [1.54, 1.807) is 0 Å². The number of aryl methyl sites for hydroxylation is 1. The molecule has 1 aliphatic rings. The van der Waals surface area contributed by atoms with Gasteiger partial charge in [0.05, 0.1) is 25.0 Å². The van der Waals surface area contributed by atoms with Gasteiger partial charge in [-0.2, -0.15) is 0 Å². The lowest BCUT2D eigenvalue weighted by molar-refractivity contribution is -0.137. The fraction of sp³-hybridized carbons (Fsp3) is 0.571. The molecule has 0 spiro atoms. The van der Waals surface area contributed by atoms with Crippen LogP contribution in [-0.4, -0.2) is 51.2 Å². The third-order valence-electron chi connectivity index (χ3n) is 5.35. The van der Waals surface area contributed by atoms with Gasteiger partial charge in [0.2, 0.25) is 0 Å². The van der Waals surface area contributed by atoms with E-state index < -0.39 is 31.7 Å². The molecule has 162 valence electrons. The summed E-state index contributed by atoms with van der Waals surface area (Å²) in [4.78, 5) is 20.6. The Kier molecular flexibility index (Phi) is 9.53. The topological polar surface area (TPSA) is 124 Å². The first-order valence-corrected chi connectivity index (χ1v) is 11.8. The predicted molar refractivity (Wildman–Crippen MR) is 110 cm³/mol. The van der Waals surface area contributed by atoms with Gasteiger partial charge in [0.25, 0.3) is 0 Å². The highest BCUT2D eigenvalue weighted by atomic mass is 31.2. The molecule has 29 heavy (non-hydrogen) atoms. The maximum Gasteiger partial charge on any atom is 0.328 e. The van der Waals surface area contributed by atoms with Crippen LogP contribution in [0.3, 0.4) is 0 Å². The summed E-state index contributed by atoms with van der Waals surface area (Å²) in [6.07, 6.45) is 4.67. The van der Waals surface area contributed by atoms with E-state index in [2.05, 4.69) is 0 Å². The van der Waals surface area contributed by atoms with Crippen LogP contribution in [0.25, 0.3) is 0 Å². The summed E-state index contributed by atoms with van der Waals surface area (Å²) in [6, 6.07) is 9.39. The molecule has 1 aromatic rings. The molecule has 1 aromatic carbocycles. The van der Waals surface area contributed by atoms with Crippen LogP contribution >= 0.6 is 7.60 Å². The van der Waals surface area contributed by atoms with Crippen molar-refractivity contribution in [3.63, 3.8) is 0 Å². The van der Waals surface area contributed by atoms with Gasteiger partial charge < -0.3 is 24.7 Å². The lowest BCUT2D eigenvalue weighted by Crippen LogP contribution is -2.26. The summed E-state index contributed by atoms with van der Waals surface area (Å²) in [6.45, 7) is -0.0850. The lowest BCUT2D eigenvalue weighted by Gasteiger charge is -2.23. The summed E-state index contributed by atoms with van der Waals surface area (Å²) < 4.78 is 17.7. The van der Waals surface area contributed by atoms with Gasteiger partial charge in [0.1, 0.15) is 0 Å². The van der Waals surface area contributed by atoms with Gasteiger partial charge >= 0.3 is 13.6 Å². The van der Waals surface area contributed by atoms with E-state index >= 15 is 0 Å². The summed E-state index contributed by atoms with van der Waals surface area (Å²) in [5.41, 5.74) is 0.951. The van der Waals surface area contributed by atoms with Gasteiger partial charge in [-0.25, -0.2) is 0 Å². The molecule has 0 aromatic heterocycles. The molecule has 0 amide bonds. The molecule has 5 atom stereocenters. The molecule has 1 fully saturated rings. The van der Waals surface area contributed by atoms with Gasteiger partial charge in [-0.15, -0.1) is 0 Å². The molecule has 8 heteroatoms. The molecule has 0 saturated heterocycles. The normalized spacial score (nSPS) is 26.6. The first-order chi connectivity index (χ1) is 13.8. The Labute approximate surface area is 171 Å². The SMILES string of the molecule is O=C(O)CCCC=CCC1[C@@H](COP(=O)(O)CCc2ccccc2)[C@H](O)C[C@@H]1O. The van der Waals surface area contributed by atoms with Crippen LogP contribution in [0.4, 0.5) is 0 Å². The highest BCUT2D eigenvalue weighted by Gasteiger charge is 2.42. The number of benzene rings is 1. The number of carboxylic acids is 1. The number of carboxylic acid groups (broad SMARTS) is 1. The van der Waals surface area contributed by atoms with E-state index in [4.69, 9.17) is 9.63 Å². The Hall–Kier alpha value is -1.50. The minimum absolute atomic E-state index is 0.00344. The Morgan fingerprint density at radius 2 is 1.83 bits per heavy atom. The number of hydrogen-bond acceptors (Lipinski definition) is 5. The van der Waals surface area contributed by atoms with Crippen LogP contribution in [0.2, 0.25) is 0 Å². The molecule has 0 radical (unpaired) electrons. The summed E-state index contributed by atoms with van der Waals surface area (Å²) in [5.74, 6) is -1.52. The van der Waals surface area contributed by atoms with E-state index in [1.807, 2.05) is 42.5 Å². The largest absolute Gasteiger partial charge is 0.481 e. The molecule has 4 N–H and O–H groups in total. The number of carbonyl (C=O) groups is 1. The standard InChI is InChI=1S/C21H31O7P/c22-19-14-20(23)18(17(19)10-6-1-2-7-11-21(24)25)15-28-29(26,27)13-12-16-8-4-3-5-9-16/h1,3-6,8-9,17-20,22-23H,2,7,10-15H2,(H,24,25)(H,26,27)/t17?,18-,19+,20-/m1/s1. The minimum Gasteiger partial charge on any atom is -0.481 e. The molecule has 0 aliphatic heterocycles. The Balaban J connectivity index is 1.82. The monoisotopic (exact) mass is 426 g/mol. The second-order valence-corrected chi connectivity index (χ2v) is 9.56. The molecule has 1 aliphatic carbocycles. The van der Waals surface area contributed by atoms with Crippen LogP contribution in [0.5, 0.6) is 0 Å². The van der Waals surface area contributed by atoms with Crippen molar-refractivity contribution < 1.29 is 34.1 Å². The average molecular weight is 426 g/mol. The van der Waals surface area contributed by atoms with Crippen molar-refractivity contribution in [3.8, 4) is 0 Å². The van der Waals surface area contributed by atoms with Crippen molar-refractivity contribution in [3.05, 3.63) is 48.0 Å². The zero-order chi connectivity index (χ0) is 21.3. The van der Waals surface area contributed by atoms with E-state index in [0.29, 0.717) is 25.7 Å². The highest BCUT2D eigenvalue weighted by molar-refractivity contribution is 7.52. The first kappa shape index (κ1) is 23.8. The minimum atomic E-state index is -3.80. The number of aliphatic carboxylic acids is 1. The van der Waals surface area contributed by atoms with Gasteiger partial charge in [0, 0.05) is 12.3 Å². The summed E-state index contributed by atoms with van der Waals surface area (Å²) in [7, 11) is -3.80. The fourth-order valence-corrected chi connectivity index (χ4v) is 4.73. The molecule has 1 saturated carbocycles. The van der Waals surface area contributed by atoms with E-state index in [9.17, 15) is 24.5 Å². The van der Waals surface area contributed by atoms with Crippen molar-refractivity contribution in [2.24, 2.45) is 11.8 Å². The van der Waals surface area contributed by atoms with E-state index in [1.165, 1.54) is 0 Å². The van der Waals surface area contributed by atoms with Gasteiger partial charge in [-0.3, -0.25) is 9.36 Å². The molecule has 7 nitrogen and oxygen atoms in total. The lowest BCUT2D eigenvalue weighted by atomic mass is 9.91. The van der Waals surface area contributed by atoms with Crippen LogP contribution in [-0.2, 0) is 20.3 Å². The van der Waals surface area contributed by atoms with Crippen LogP contribution in [0.15, 0.2) is 42.5 Å². The van der Waals surface area contributed by atoms with E-state index in [0.717, 1.165) is 5.56 Å². The number of hydrogen-bond donors (Lipinski definition) is 4. The van der Waals surface area contributed by atoms with Crippen molar-refractivity contribution in [1.29, 1.82) is 0 Å². The van der Waals surface area contributed by atoms with Crippen molar-refractivity contribution in [1.82, 2.24) is 0 Å². The van der Waals surface area contributed by atoms with Gasteiger partial charge in [-0.05, 0) is 43.6 Å². The number of aliphatic hydroxyl groups excluding tert-OH is 2. The third-order valence-corrected chi connectivity index (χ3v) is 6.69. The second-order valence-electron chi connectivity index (χ2n) is 7.58. The molecule has 2 rings (SSSR count). The summed E-state index contributed by atoms with van der Waals surface area (Å²) >= 11 is 0. The van der Waals surface area contributed by atoms with Crippen molar-refractivity contribution in [2.75, 3.05) is 12.8 Å². The molecular weight excluding hydrogens is 395 g/mol. The second kappa shape index (κ2) is 11.6. The number of unbranched alkanes of at least 4 members (excludes halogenated alkanes) is 1. The highest BCUT2D eigenvalue weighted by Crippen LogP contribution is 2.45.